The number of anilines is 2. The lowest BCUT2D eigenvalue weighted by molar-refractivity contribution is -0.122. The molecule has 0 saturated carbocycles. The van der Waals surface area contributed by atoms with Crippen LogP contribution in [0.2, 0.25) is 5.02 Å². The van der Waals surface area contributed by atoms with E-state index in [0.29, 0.717) is 17.4 Å². The van der Waals surface area contributed by atoms with Gasteiger partial charge in [0.15, 0.2) is 5.82 Å². The molecule has 6 nitrogen and oxygen atoms in total. The van der Waals surface area contributed by atoms with Gasteiger partial charge in [-0.05, 0) is 12.8 Å². The fourth-order valence-corrected chi connectivity index (χ4v) is 2.99. The predicted octanol–water partition coefficient (Wildman–Crippen LogP) is 0.427. The van der Waals surface area contributed by atoms with Gasteiger partial charge in [-0.15, -0.1) is 0 Å². The molecule has 2 unspecified atom stereocenters. The van der Waals surface area contributed by atoms with Crippen LogP contribution in [0.25, 0.3) is 0 Å². The normalized spacial score (nSPS) is 26.9. The molecule has 0 aliphatic carbocycles. The molecular weight excluding hydrogens is 254 g/mol. The van der Waals surface area contributed by atoms with Gasteiger partial charge in [0, 0.05) is 13.1 Å². The van der Waals surface area contributed by atoms with Crippen LogP contribution in [0, 0.1) is 5.92 Å². The molecule has 2 atom stereocenters. The molecule has 2 aliphatic rings. The molecule has 3 rings (SSSR count). The standard InChI is InChI=1S/C11H14ClN5O/c12-8-9(13)15-5-16-10(8)17-3-1-2-6-7(17)4-14-11(6)18/h5-7H,1-4H2,(H,14,18)(H2,13,15,16). The highest BCUT2D eigenvalue weighted by Crippen LogP contribution is 2.35. The molecule has 18 heavy (non-hydrogen) atoms. The highest BCUT2D eigenvalue weighted by molar-refractivity contribution is 6.35. The van der Waals surface area contributed by atoms with Crippen molar-refractivity contribution < 1.29 is 4.79 Å². The van der Waals surface area contributed by atoms with E-state index in [-0.39, 0.29) is 23.7 Å². The van der Waals surface area contributed by atoms with E-state index in [2.05, 4.69) is 20.2 Å². The minimum Gasteiger partial charge on any atom is -0.382 e. The highest BCUT2D eigenvalue weighted by atomic mass is 35.5. The molecule has 0 spiro atoms. The average molecular weight is 268 g/mol. The molecule has 2 aliphatic heterocycles. The number of rotatable bonds is 1. The Morgan fingerprint density at radius 1 is 1.50 bits per heavy atom. The number of aromatic nitrogens is 2. The summed E-state index contributed by atoms with van der Waals surface area (Å²) in [4.78, 5) is 21.9. The molecule has 1 amide bonds. The van der Waals surface area contributed by atoms with Crippen molar-refractivity contribution >= 4 is 29.1 Å². The Kier molecular flexibility index (Phi) is 2.74. The topological polar surface area (TPSA) is 84.1 Å². The van der Waals surface area contributed by atoms with Crippen LogP contribution >= 0.6 is 11.6 Å². The molecular formula is C11H14ClN5O. The van der Waals surface area contributed by atoms with Crippen LogP contribution in [0.3, 0.4) is 0 Å². The maximum Gasteiger partial charge on any atom is 0.225 e. The number of carbonyl (C=O) groups excluding carboxylic acids is 1. The number of nitrogens with one attached hydrogen (secondary N) is 1. The number of hydrogen-bond acceptors (Lipinski definition) is 5. The third-order valence-corrected chi connectivity index (χ3v) is 4.03. The molecule has 3 N–H and O–H groups in total. The monoisotopic (exact) mass is 267 g/mol. The third kappa shape index (κ3) is 1.68. The van der Waals surface area contributed by atoms with Crippen molar-refractivity contribution in [3.05, 3.63) is 11.3 Å². The van der Waals surface area contributed by atoms with Crippen molar-refractivity contribution in [2.45, 2.75) is 18.9 Å². The van der Waals surface area contributed by atoms with Crippen molar-refractivity contribution in [2.75, 3.05) is 23.7 Å². The smallest absolute Gasteiger partial charge is 0.225 e. The van der Waals surface area contributed by atoms with Crippen molar-refractivity contribution in [1.82, 2.24) is 15.3 Å². The van der Waals surface area contributed by atoms with Crippen molar-refractivity contribution in [3.8, 4) is 0 Å². The minimum atomic E-state index is 0.0333. The summed E-state index contributed by atoms with van der Waals surface area (Å²) in [5.74, 6) is 1.07. The number of carbonyl (C=O) groups is 1. The van der Waals surface area contributed by atoms with Crippen LogP contribution in [-0.2, 0) is 4.79 Å². The van der Waals surface area contributed by atoms with Crippen molar-refractivity contribution in [3.63, 3.8) is 0 Å². The lowest BCUT2D eigenvalue weighted by Gasteiger charge is -2.37. The first-order chi connectivity index (χ1) is 8.68. The summed E-state index contributed by atoms with van der Waals surface area (Å²) in [6.45, 7) is 1.48. The Labute approximate surface area is 110 Å². The first-order valence-corrected chi connectivity index (χ1v) is 6.36. The van der Waals surface area contributed by atoms with Gasteiger partial charge in [-0.1, -0.05) is 11.6 Å². The van der Waals surface area contributed by atoms with Gasteiger partial charge in [-0.25, -0.2) is 9.97 Å². The number of amides is 1. The van der Waals surface area contributed by atoms with Gasteiger partial charge >= 0.3 is 0 Å². The average Bonchev–Trinajstić information content (AvgIpc) is 2.75. The van der Waals surface area contributed by atoms with Crippen LogP contribution in [0.15, 0.2) is 6.33 Å². The van der Waals surface area contributed by atoms with Gasteiger partial charge in [-0.2, -0.15) is 0 Å². The lowest BCUT2D eigenvalue weighted by Crippen LogP contribution is -2.46. The number of hydrogen-bond donors (Lipinski definition) is 2. The fourth-order valence-electron chi connectivity index (χ4n) is 2.79. The minimum absolute atomic E-state index is 0.0333. The van der Waals surface area contributed by atoms with E-state index in [0.717, 1.165) is 19.4 Å². The van der Waals surface area contributed by atoms with Crippen molar-refractivity contribution in [2.24, 2.45) is 5.92 Å². The van der Waals surface area contributed by atoms with E-state index >= 15 is 0 Å². The number of piperidine rings is 1. The molecule has 0 radical (unpaired) electrons. The number of nitrogens with two attached hydrogens (primary N) is 1. The number of halogens is 1. The summed E-state index contributed by atoms with van der Waals surface area (Å²) >= 11 is 6.16. The van der Waals surface area contributed by atoms with Gasteiger partial charge < -0.3 is 16.0 Å². The summed E-state index contributed by atoms with van der Waals surface area (Å²) in [7, 11) is 0. The number of nitrogen functional groups attached to an aromatic ring is 1. The first kappa shape index (κ1) is 11.5. The maximum absolute atomic E-state index is 11.7. The summed E-state index contributed by atoms with van der Waals surface area (Å²) in [5, 5.41) is 3.27. The molecule has 0 aromatic carbocycles. The second-order valence-corrected chi connectivity index (χ2v) is 5.03. The van der Waals surface area contributed by atoms with Crippen LogP contribution in [0.4, 0.5) is 11.6 Å². The largest absolute Gasteiger partial charge is 0.382 e. The van der Waals surface area contributed by atoms with Gasteiger partial charge in [0.05, 0.1) is 12.0 Å². The molecule has 1 aromatic rings. The summed E-state index contributed by atoms with van der Waals surface area (Å²) in [6.07, 6.45) is 3.28. The zero-order valence-corrected chi connectivity index (χ0v) is 10.5. The second kappa shape index (κ2) is 4.28. The van der Waals surface area contributed by atoms with Gasteiger partial charge in [0.25, 0.3) is 0 Å². The second-order valence-electron chi connectivity index (χ2n) is 4.65. The van der Waals surface area contributed by atoms with E-state index in [1.165, 1.54) is 6.33 Å². The maximum atomic E-state index is 11.7. The van der Waals surface area contributed by atoms with Gasteiger partial charge in [0.2, 0.25) is 5.91 Å². The third-order valence-electron chi connectivity index (χ3n) is 3.67. The summed E-state index contributed by atoms with van der Waals surface area (Å²) in [5.41, 5.74) is 5.70. The van der Waals surface area contributed by atoms with Crippen LogP contribution in [-0.4, -0.2) is 35.0 Å². The van der Waals surface area contributed by atoms with Gasteiger partial charge in [0.1, 0.15) is 17.2 Å². The predicted molar refractivity (Wildman–Crippen MR) is 68.3 cm³/mol. The molecule has 3 heterocycles. The summed E-state index contributed by atoms with van der Waals surface area (Å²) < 4.78 is 0. The molecule has 2 fully saturated rings. The van der Waals surface area contributed by atoms with Crippen LogP contribution in [0.5, 0.6) is 0 Å². The van der Waals surface area contributed by atoms with E-state index in [9.17, 15) is 4.79 Å². The summed E-state index contributed by atoms with van der Waals surface area (Å²) in [6, 6.07) is 0.123. The van der Waals surface area contributed by atoms with Crippen LogP contribution in [0.1, 0.15) is 12.8 Å². The van der Waals surface area contributed by atoms with E-state index in [1.807, 2.05) is 0 Å². The Bertz CT molecular complexity index is 494. The zero-order chi connectivity index (χ0) is 12.7. The Morgan fingerprint density at radius 3 is 3.17 bits per heavy atom. The lowest BCUT2D eigenvalue weighted by atomic mass is 9.91. The fraction of sp³-hybridized carbons (Fsp3) is 0.545. The quantitative estimate of drug-likeness (QED) is 0.771. The van der Waals surface area contributed by atoms with E-state index in [4.69, 9.17) is 17.3 Å². The SMILES string of the molecule is Nc1ncnc(N2CCCC3C(=O)NCC32)c1Cl. The van der Waals surface area contributed by atoms with Crippen molar-refractivity contribution in [1.29, 1.82) is 0 Å². The Morgan fingerprint density at radius 2 is 2.33 bits per heavy atom. The zero-order valence-electron chi connectivity index (χ0n) is 9.77. The van der Waals surface area contributed by atoms with Gasteiger partial charge in [-0.3, -0.25) is 4.79 Å². The van der Waals surface area contributed by atoms with Crippen LogP contribution < -0.4 is 16.0 Å². The van der Waals surface area contributed by atoms with E-state index in [1.54, 1.807) is 0 Å². The first-order valence-electron chi connectivity index (χ1n) is 5.99. The molecule has 2 saturated heterocycles. The number of nitrogens with zero attached hydrogens (tertiary/aromatic N) is 3. The Hall–Kier alpha value is -1.56. The van der Waals surface area contributed by atoms with E-state index < -0.39 is 0 Å². The highest BCUT2D eigenvalue weighted by Gasteiger charge is 2.41. The Balaban J connectivity index is 1.96. The number of fused-ring (bicyclic) bond motifs is 1. The molecule has 96 valence electrons. The molecule has 1 aromatic heterocycles. The molecule has 7 heteroatoms. The molecule has 0 bridgehead atoms.